The monoisotopic (exact) mass is 271 g/mol. The lowest BCUT2D eigenvalue weighted by molar-refractivity contribution is -0.125. The molecule has 1 aromatic rings. The molecule has 2 rings (SSSR count). The van der Waals surface area contributed by atoms with Gasteiger partial charge >= 0.3 is 0 Å². The fourth-order valence-corrected chi connectivity index (χ4v) is 2.55. The van der Waals surface area contributed by atoms with Crippen LogP contribution in [0.15, 0.2) is 24.3 Å². The largest absolute Gasteiger partial charge is 0.351 e. The first kappa shape index (κ1) is 12.7. The first-order valence-corrected chi connectivity index (χ1v) is 6.32. The second kappa shape index (κ2) is 4.18. The standard InChI is InChI=1S/C13H15Cl2NO/c1-9-4-3-5-10(6-9)7-16-11(17)12(2)8-13(12,14)15/h3-6H,7-8H2,1-2H3,(H,16,17). The van der Waals surface area contributed by atoms with Crippen LogP contribution in [0.4, 0.5) is 0 Å². The minimum atomic E-state index is -0.899. The molecular formula is C13H15Cl2NO. The number of carbonyl (C=O) groups is 1. The molecule has 4 heteroatoms. The fourth-order valence-electron chi connectivity index (χ4n) is 1.85. The van der Waals surface area contributed by atoms with Gasteiger partial charge in [0.2, 0.25) is 5.91 Å². The smallest absolute Gasteiger partial charge is 0.229 e. The molecule has 0 spiro atoms. The van der Waals surface area contributed by atoms with Gasteiger partial charge in [-0.05, 0) is 25.8 Å². The van der Waals surface area contributed by atoms with Crippen LogP contribution in [0, 0.1) is 12.3 Å². The summed E-state index contributed by atoms with van der Waals surface area (Å²) in [6.07, 6.45) is 0.517. The van der Waals surface area contributed by atoms with E-state index in [4.69, 9.17) is 23.2 Å². The predicted molar refractivity (Wildman–Crippen MR) is 70.2 cm³/mol. The summed E-state index contributed by atoms with van der Waals surface area (Å²) in [7, 11) is 0. The Hall–Kier alpha value is -0.730. The fraction of sp³-hybridized carbons (Fsp3) is 0.462. The molecular weight excluding hydrogens is 257 g/mol. The number of hydrogen-bond donors (Lipinski definition) is 1. The zero-order valence-electron chi connectivity index (χ0n) is 9.89. The lowest BCUT2D eigenvalue weighted by atomic mass is 10.1. The van der Waals surface area contributed by atoms with E-state index in [2.05, 4.69) is 5.32 Å². The van der Waals surface area contributed by atoms with Crippen LogP contribution < -0.4 is 5.32 Å². The van der Waals surface area contributed by atoms with Crippen LogP contribution in [0.3, 0.4) is 0 Å². The minimum Gasteiger partial charge on any atom is -0.351 e. The van der Waals surface area contributed by atoms with Crippen LogP contribution in [0.2, 0.25) is 0 Å². The van der Waals surface area contributed by atoms with E-state index in [0.717, 1.165) is 5.56 Å². The number of halogens is 2. The van der Waals surface area contributed by atoms with Crippen molar-refractivity contribution in [1.29, 1.82) is 0 Å². The molecule has 1 aromatic carbocycles. The van der Waals surface area contributed by atoms with Crippen LogP contribution in [-0.4, -0.2) is 10.2 Å². The highest BCUT2D eigenvalue weighted by molar-refractivity contribution is 6.53. The van der Waals surface area contributed by atoms with Gasteiger partial charge in [0, 0.05) is 6.54 Å². The molecule has 17 heavy (non-hydrogen) atoms. The number of hydrogen-bond acceptors (Lipinski definition) is 1. The first-order valence-electron chi connectivity index (χ1n) is 5.57. The van der Waals surface area contributed by atoms with Gasteiger partial charge in [-0.25, -0.2) is 0 Å². The molecule has 2 nitrogen and oxygen atoms in total. The number of aryl methyl sites for hydroxylation is 1. The molecule has 1 saturated carbocycles. The average molecular weight is 272 g/mol. The molecule has 0 radical (unpaired) electrons. The lowest BCUT2D eigenvalue weighted by Crippen LogP contribution is -2.32. The van der Waals surface area contributed by atoms with Crippen molar-refractivity contribution in [3.05, 3.63) is 35.4 Å². The summed E-state index contributed by atoms with van der Waals surface area (Å²) in [4.78, 5) is 11.9. The third-order valence-electron chi connectivity index (χ3n) is 3.29. The molecule has 0 aromatic heterocycles. The van der Waals surface area contributed by atoms with Crippen molar-refractivity contribution in [2.45, 2.75) is 31.1 Å². The van der Waals surface area contributed by atoms with Crippen molar-refractivity contribution in [2.75, 3.05) is 0 Å². The van der Waals surface area contributed by atoms with Crippen LogP contribution in [0.5, 0.6) is 0 Å². The SMILES string of the molecule is Cc1cccc(CNC(=O)C2(C)CC2(Cl)Cl)c1. The highest BCUT2D eigenvalue weighted by atomic mass is 35.5. The van der Waals surface area contributed by atoms with Crippen LogP contribution in [-0.2, 0) is 11.3 Å². The molecule has 1 N–H and O–H groups in total. The molecule has 0 aliphatic heterocycles. The van der Waals surface area contributed by atoms with Gasteiger partial charge in [-0.15, -0.1) is 23.2 Å². The maximum Gasteiger partial charge on any atom is 0.229 e. The first-order chi connectivity index (χ1) is 7.85. The second-order valence-corrected chi connectivity index (χ2v) is 6.37. The van der Waals surface area contributed by atoms with Gasteiger partial charge in [-0.2, -0.15) is 0 Å². The Bertz CT molecular complexity index is 458. The number of carbonyl (C=O) groups excluding carboxylic acids is 1. The van der Waals surface area contributed by atoms with Gasteiger partial charge in [0.05, 0.1) is 5.41 Å². The van der Waals surface area contributed by atoms with E-state index < -0.39 is 9.75 Å². The van der Waals surface area contributed by atoms with Crippen molar-refractivity contribution in [1.82, 2.24) is 5.32 Å². The van der Waals surface area contributed by atoms with E-state index in [1.165, 1.54) is 5.56 Å². The Balaban J connectivity index is 1.94. The second-order valence-electron chi connectivity index (χ2n) is 4.89. The summed E-state index contributed by atoms with van der Waals surface area (Å²) in [6, 6.07) is 8.03. The third-order valence-corrected chi connectivity index (χ3v) is 4.40. The van der Waals surface area contributed by atoms with Crippen molar-refractivity contribution in [3.8, 4) is 0 Å². The summed E-state index contributed by atoms with van der Waals surface area (Å²) < 4.78 is -0.899. The number of amides is 1. The van der Waals surface area contributed by atoms with Crippen LogP contribution in [0.25, 0.3) is 0 Å². The summed E-state index contributed by atoms with van der Waals surface area (Å²) in [5.74, 6) is -0.0796. The van der Waals surface area contributed by atoms with Crippen LogP contribution >= 0.6 is 23.2 Å². The van der Waals surface area contributed by atoms with Crippen molar-refractivity contribution < 1.29 is 4.79 Å². The molecule has 92 valence electrons. The normalized spacial score (nSPS) is 25.4. The van der Waals surface area contributed by atoms with E-state index >= 15 is 0 Å². The maximum atomic E-state index is 11.9. The Labute approximate surface area is 111 Å². The van der Waals surface area contributed by atoms with Gasteiger partial charge in [-0.1, -0.05) is 29.8 Å². The van der Waals surface area contributed by atoms with E-state index in [9.17, 15) is 4.79 Å². The summed E-state index contributed by atoms with van der Waals surface area (Å²) >= 11 is 11.9. The lowest BCUT2D eigenvalue weighted by Gasteiger charge is -2.12. The molecule has 1 aliphatic rings. The van der Waals surface area contributed by atoms with Crippen molar-refractivity contribution >= 4 is 29.1 Å². The molecule has 0 bridgehead atoms. The van der Waals surface area contributed by atoms with Gasteiger partial charge in [0.15, 0.2) is 0 Å². The minimum absolute atomic E-state index is 0.0796. The average Bonchev–Trinajstić information content (AvgIpc) is 2.76. The van der Waals surface area contributed by atoms with Gasteiger partial charge in [0.1, 0.15) is 4.33 Å². The van der Waals surface area contributed by atoms with Crippen LogP contribution in [0.1, 0.15) is 24.5 Å². The zero-order valence-corrected chi connectivity index (χ0v) is 11.4. The maximum absolute atomic E-state index is 11.9. The van der Waals surface area contributed by atoms with E-state index in [1.54, 1.807) is 6.92 Å². The molecule has 1 unspecified atom stereocenters. The molecule has 1 fully saturated rings. The Morgan fingerprint density at radius 2 is 2.12 bits per heavy atom. The number of alkyl halides is 2. The molecule has 0 saturated heterocycles. The zero-order chi connectivity index (χ0) is 12.7. The van der Waals surface area contributed by atoms with Crippen molar-refractivity contribution in [2.24, 2.45) is 5.41 Å². The highest BCUT2D eigenvalue weighted by Gasteiger charge is 2.67. The molecule has 0 heterocycles. The van der Waals surface area contributed by atoms with Crippen molar-refractivity contribution in [3.63, 3.8) is 0 Å². The molecule has 1 aliphatic carbocycles. The summed E-state index contributed by atoms with van der Waals surface area (Å²) in [6.45, 7) is 4.33. The topological polar surface area (TPSA) is 29.1 Å². The Kier molecular flexibility index (Phi) is 3.13. The Morgan fingerprint density at radius 3 is 2.65 bits per heavy atom. The van der Waals surface area contributed by atoms with Gasteiger partial charge in [-0.3, -0.25) is 4.79 Å². The number of benzene rings is 1. The van der Waals surface area contributed by atoms with E-state index in [1.807, 2.05) is 31.2 Å². The molecule has 1 amide bonds. The quantitative estimate of drug-likeness (QED) is 0.841. The van der Waals surface area contributed by atoms with Gasteiger partial charge in [0.25, 0.3) is 0 Å². The number of rotatable bonds is 3. The summed E-state index contributed by atoms with van der Waals surface area (Å²) in [5.41, 5.74) is 1.62. The summed E-state index contributed by atoms with van der Waals surface area (Å²) in [5, 5.41) is 2.88. The van der Waals surface area contributed by atoms with E-state index in [-0.39, 0.29) is 5.91 Å². The highest BCUT2D eigenvalue weighted by Crippen LogP contribution is 2.63. The number of nitrogens with one attached hydrogen (secondary N) is 1. The predicted octanol–water partition coefficient (Wildman–Crippen LogP) is 3.20. The van der Waals surface area contributed by atoms with Gasteiger partial charge < -0.3 is 5.32 Å². The third kappa shape index (κ3) is 2.43. The Morgan fingerprint density at radius 1 is 1.47 bits per heavy atom. The van der Waals surface area contributed by atoms with E-state index in [0.29, 0.717) is 13.0 Å². The molecule has 1 atom stereocenters.